The summed E-state index contributed by atoms with van der Waals surface area (Å²) in [6.07, 6.45) is 0. The zero-order chi connectivity index (χ0) is 10.8. The quantitative estimate of drug-likeness (QED) is 0.581. The summed E-state index contributed by atoms with van der Waals surface area (Å²) in [6.45, 7) is 1.33. The van der Waals surface area contributed by atoms with Gasteiger partial charge >= 0.3 is 78.9 Å². The van der Waals surface area contributed by atoms with Crippen molar-refractivity contribution in [3.05, 3.63) is 24.3 Å². The average molecular weight is 233 g/mol. The van der Waals surface area contributed by atoms with Gasteiger partial charge in [0.05, 0.1) is 0 Å². The van der Waals surface area contributed by atoms with Crippen molar-refractivity contribution in [3.63, 3.8) is 0 Å². The van der Waals surface area contributed by atoms with E-state index < -0.39 is 19.1 Å². The van der Waals surface area contributed by atoms with Crippen molar-refractivity contribution in [2.45, 2.75) is 12.2 Å². The predicted octanol–water partition coefficient (Wildman–Crippen LogP) is 1.34. The third kappa shape index (κ3) is 1.93. The summed E-state index contributed by atoms with van der Waals surface area (Å²) in [7, 11) is 1.49. The van der Waals surface area contributed by atoms with Crippen LogP contribution < -0.4 is 9.20 Å². The van der Waals surface area contributed by atoms with Crippen LogP contribution in [0.25, 0.3) is 0 Å². The Kier molecular flexibility index (Phi) is 2.49. The van der Waals surface area contributed by atoms with Gasteiger partial charge in [0.1, 0.15) is 0 Å². The van der Waals surface area contributed by atoms with Crippen LogP contribution in [0, 0.1) is 0 Å². The summed E-state index contributed by atoms with van der Waals surface area (Å²) >= 11 is -2.70. The molecule has 0 aliphatic carbocycles. The SMILES string of the molecule is [1H][13C@@]([2H])(C)[Se](=O)c1ccccc1OC. The monoisotopic (exact) mass is 234 g/mol. The topological polar surface area (TPSA) is 26.3 Å². The fourth-order valence-electron chi connectivity index (χ4n) is 0.882. The Bertz CT molecular complexity index is 347. The molecule has 66 valence electrons. The summed E-state index contributed by atoms with van der Waals surface area (Å²) in [4.78, 5) is 0. The van der Waals surface area contributed by atoms with Crippen molar-refractivity contribution >= 4 is 18.3 Å². The molecule has 0 saturated carbocycles. The molecular formula is C9H12O2Se. The fourth-order valence-corrected chi connectivity index (χ4v) is 2.47. The minimum atomic E-state index is -2.70. The Balaban J connectivity index is 3.13. The van der Waals surface area contributed by atoms with Crippen molar-refractivity contribution in [2.24, 2.45) is 0 Å². The van der Waals surface area contributed by atoms with Crippen LogP contribution >= 0.6 is 0 Å². The van der Waals surface area contributed by atoms with Gasteiger partial charge in [-0.15, -0.1) is 0 Å². The molecule has 1 rings (SSSR count). The van der Waals surface area contributed by atoms with E-state index in [2.05, 4.69) is 0 Å². The molecular weight excluding hydrogens is 220 g/mol. The molecule has 2 nitrogen and oxygen atoms in total. The molecule has 0 heterocycles. The zero-order valence-corrected chi connectivity index (χ0v) is 8.75. The van der Waals surface area contributed by atoms with Gasteiger partial charge in [-0.05, 0) is 0 Å². The van der Waals surface area contributed by atoms with Gasteiger partial charge in [0.2, 0.25) is 0 Å². The van der Waals surface area contributed by atoms with Crippen LogP contribution in [0.5, 0.6) is 5.75 Å². The van der Waals surface area contributed by atoms with Gasteiger partial charge in [-0.2, -0.15) is 0 Å². The number of hydrogen-bond donors (Lipinski definition) is 0. The molecule has 0 fully saturated rings. The van der Waals surface area contributed by atoms with Crippen LogP contribution in [0.4, 0.5) is 0 Å². The molecule has 0 radical (unpaired) electrons. The van der Waals surface area contributed by atoms with E-state index in [4.69, 9.17) is 7.48 Å². The van der Waals surface area contributed by atoms with Gasteiger partial charge in [0.15, 0.2) is 0 Å². The third-order valence-electron chi connectivity index (χ3n) is 1.45. The van der Waals surface area contributed by atoms with Gasteiger partial charge in [0.25, 0.3) is 0 Å². The van der Waals surface area contributed by atoms with Crippen LogP contribution in [-0.2, 0) is 3.83 Å². The molecule has 1 aromatic carbocycles. The summed E-state index contributed by atoms with van der Waals surface area (Å²) in [5, 5.41) is -1.66. The van der Waals surface area contributed by atoms with Gasteiger partial charge in [-0.25, -0.2) is 0 Å². The number of methoxy groups -OCH3 is 1. The first kappa shape index (κ1) is 6.81. The fraction of sp³-hybridized carbons (Fsp3) is 0.333. The molecule has 1 unspecified atom stereocenters. The van der Waals surface area contributed by atoms with E-state index in [1.165, 1.54) is 14.0 Å². The number of hydrogen-bond acceptors (Lipinski definition) is 2. The zero-order valence-electron chi connectivity index (χ0n) is 9.03. The molecule has 1 aromatic rings. The maximum absolute atomic E-state index is 11.8. The average Bonchev–Trinajstić information content (AvgIpc) is 2.15. The summed E-state index contributed by atoms with van der Waals surface area (Å²) in [5.74, 6) is 0.498. The van der Waals surface area contributed by atoms with E-state index >= 15 is 0 Å². The van der Waals surface area contributed by atoms with Crippen LogP contribution in [0.1, 0.15) is 9.67 Å². The molecule has 0 saturated heterocycles. The predicted molar refractivity (Wildman–Crippen MR) is 49.5 cm³/mol. The van der Waals surface area contributed by atoms with E-state index in [-0.39, 0.29) is 0 Å². The Morgan fingerprint density at radius 1 is 1.75 bits per heavy atom. The van der Waals surface area contributed by atoms with Crippen molar-refractivity contribution in [1.29, 1.82) is 0 Å². The molecule has 0 aliphatic rings. The molecule has 3 heteroatoms. The summed E-state index contributed by atoms with van der Waals surface area (Å²) in [5.41, 5.74) is 0. The van der Waals surface area contributed by atoms with Gasteiger partial charge in [0, 0.05) is 0 Å². The number of benzene rings is 1. The Hall–Kier alpha value is -0.661. The van der Waals surface area contributed by atoms with Gasteiger partial charge in [-0.3, -0.25) is 0 Å². The molecule has 0 aliphatic heterocycles. The Morgan fingerprint density at radius 2 is 2.42 bits per heavy atom. The maximum atomic E-state index is 11.8. The van der Waals surface area contributed by atoms with Gasteiger partial charge in [-0.1, -0.05) is 0 Å². The molecule has 0 N–H and O–H groups in total. The molecule has 0 bridgehead atoms. The molecule has 0 aromatic heterocycles. The first-order valence-corrected chi connectivity index (χ1v) is 5.93. The van der Waals surface area contributed by atoms with Crippen LogP contribution in [-0.4, -0.2) is 20.9 Å². The second kappa shape index (κ2) is 4.39. The van der Waals surface area contributed by atoms with Crippen molar-refractivity contribution in [2.75, 3.05) is 7.11 Å². The molecule has 0 spiro atoms. The first-order valence-electron chi connectivity index (χ1n) is 4.51. The van der Waals surface area contributed by atoms with Gasteiger partial charge < -0.3 is 0 Å². The van der Waals surface area contributed by atoms with Crippen LogP contribution in [0.3, 0.4) is 0 Å². The third-order valence-corrected chi connectivity index (χ3v) is 3.78. The van der Waals surface area contributed by atoms with Crippen molar-refractivity contribution in [3.8, 4) is 5.75 Å². The summed E-state index contributed by atoms with van der Waals surface area (Å²) in [6, 6.07) is 6.84. The Morgan fingerprint density at radius 3 is 3.00 bits per heavy atom. The van der Waals surface area contributed by atoms with E-state index in [0.29, 0.717) is 10.2 Å². The second-order valence-corrected chi connectivity index (χ2v) is 5.03. The summed E-state index contributed by atoms with van der Waals surface area (Å²) < 4.78 is 32.1. The first-order chi connectivity index (χ1) is 6.46. The van der Waals surface area contributed by atoms with E-state index in [1.54, 1.807) is 24.3 Å². The van der Waals surface area contributed by atoms with Crippen LogP contribution in [0.15, 0.2) is 24.3 Å². The molecule has 12 heavy (non-hydrogen) atoms. The minimum absolute atomic E-state index is 0.488. The van der Waals surface area contributed by atoms with E-state index in [0.717, 1.165) is 0 Å². The second-order valence-electron chi connectivity index (χ2n) is 2.12. The number of ether oxygens (including phenoxy) is 1. The number of rotatable bonds is 3. The number of para-hydroxylation sites is 1. The van der Waals surface area contributed by atoms with E-state index in [9.17, 15) is 3.83 Å². The Labute approximate surface area is 79.4 Å². The standard InChI is InChI=1S/C9H12O2Se/c1-3-12(10)9-7-5-4-6-8(9)11-2/h4-7H,3H2,1-2H3/i3+1DH/t3-,12?/m1/s1. The van der Waals surface area contributed by atoms with Crippen molar-refractivity contribution in [1.82, 2.24) is 0 Å². The molecule has 2 atom stereocenters. The van der Waals surface area contributed by atoms with Crippen LogP contribution in [0.2, 0.25) is 5.27 Å². The molecule has 0 amide bonds. The van der Waals surface area contributed by atoms with Crippen molar-refractivity contribution < 1.29 is 11.3 Å². The normalized spacial score (nSPS) is 20.2. The van der Waals surface area contributed by atoms with E-state index in [1.807, 2.05) is 0 Å².